The molecule has 0 saturated heterocycles. The third kappa shape index (κ3) is 33.7. The summed E-state index contributed by atoms with van der Waals surface area (Å²) in [6.07, 6.45) is 42.0. The number of carbonyl (C=O) groups is 1. The summed E-state index contributed by atoms with van der Waals surface area (Å²) < 4.78 is 5.95. The lowest BCUT2D eigenvalue weighted by Gasteiger charge is -2.18. The maximum Gasteiger partial charge on any atom is 0.306 e. The molecule has 0 aliphatic rings. The van der Waals surface area contributed by atoms with Crippen LogP contribution in [0.5, 0.6) is 0 Å². The molecule has 0 radical (unpaired) electrons. The van der Waals surface area contributed by atoms with E-state index in [1.165, 1.54) is 161 Å². The van der Waals surface area contributed by atoms with Crippen LogP contribution in [0.4, 0.5) is 0 Å². The molecule has 0 aliphatic heterocycles. The van der Waals surface area contributed by atoms with Crippen molar-refractivity contribution < 1.29 is 9.53 Å². The van der Waals surface area contributed by atoms with Crippen molar-refractivity contribution >= 4 is 5.97 Å². The van der Waals surface area contributed by atoms with Crippen molar-refractivity contribution in [3.05, 3.63) is 12.7 Å². The molecule has 0 aliphatic carbocycles. The van der Waals surface area contributed by atoms with E-state index in [1.54, 1.807) is 0 Å². The number of allylic oxidation sites excluding steroid dienone is 1. The minimum Gasteiger partial charge on any atom is -0.462 e. The third-order valence-corrected chi connectivity index (χ3v) is 8.92. The summed E-state index contributed by atoms with van der Waals surface area (Å²) >= 11 is 0. The number of ether oxygens (including phenoxy) is 1. The molecule has 0 spiro atoms. The number of unbranched alkanes of at least 4 members (excludes halogenated alkanes) is 24. The standard InChI is InChI=1S/C40H78O2/c1-6-8-10-11-12-13-14-15-19-22-25-28-32-36-39(41)42-38(34-30-9-7-2)35-31-27-24-21-18-16-17-20-23-26-29-33-37-40(3,4)5/h7,38H,2,6,8-37H2,1,3-5H3. The predicted molar refractivity (Wildman–Crippen MR) is 188 cm³/mol. The zero-order valence-electron chi connectivity index (χ0n) is 29.6. The number of rotatable bonds is 33. The Hall–Kier alpha value is -0.790. The number of carbonyl (C=O) groups excluding carboxylic acids is 1. The van der Waals surface area contributed by atoms with Gasteiger partial charge in [0.1, 0.15) is 6.10 Å². The van der Waals surface area contributed by atoms with Gasteiger partial charge in [-0.15, -0.1) is 6.58 Å². The zero-order chi connectivity index (χ0) is 31.0. The van der Waals surface area contributed by atoms with Gasteiger partial charge in [0.2, 0.25) is 0 Å². The fourth-order valence-electron chi connectivity index (χ4n) is 6.08. The Labute approximate surface area is 266 Å². The Bertz CT molecular complexity index is 560. The van der Waals surface area contributed by atoms with Gasteiger partial charge in [-0.05, 0) is 50.4 Å². The monoisotopic (exact) mass is 591 g/mol. The van der Waals surface area contributed by atoms with E-state index in [2.05, 4.69) is 34.3 Å². The molecule has 0 amide bonds. The van der Waals surface area contributed by atoms with E-state index in [1.807, 2.05) is 6.08 Å². The van der Waals surface area contributed by atoms with Crippen molar-refractivity contribution in [1.29, 1.82) is 0 Å². The van der Waals surface area contributed by atoms with Gasteiger partial charge in [0.05, 0.1) is 0 Å². The van der Waals surface area contributed by atoms with Crippen molar-refractivity contribution in [2.45, 2.75) is 233 Å². The van der Waals surface area contributed by atoms with Gasteiger partial charge >= 0.3 is 5.97 Å². The van der Waals surface area contributed by atoms with Crippen molar-refractivity contribution in [3.63, 3.8) is 0 Å². The lowest BCUT2D eigenvalue weighted by Crippen LogP contribution is -2.18. The summed E-state index contributed by atoms with van der Waals surface area (Å²) in [5, 5.41) is 0. The van der Waals surface area contributed by atoms with Gasteiger partial charge in [0.15, 0.2) is 0 Å². The summed E-state index contributed by atoms with van der Waals surface area (Å²) in [7, 11) is 0. The molecule has 0 heterocycles. The first-order valence-corrected chi connectivity index (χ1v) is 19.2. The minimum absolute atomic E-state index is 0.0379. The third-order valence-electron chi connectivity index (χ3n) is 8.92. The van der Waals surface area contributed by atoms with Crippen LogP contribution in [0.3, 0.4) is 0 Å². The average Bonchev–Trinajstić information content (AvgIpc) is 2.95. The molecule has 0 fully saturated rings. The zero-order valence-corrected chi connectivity index (χ0v) is 29.6. The van der Waals surface area contributed by atoms with Gasteiger partial charge < -0.3 is 4.74 Å². The first kappa shape index (κ1) is 41.2. The fraction of sp³-hybridized carbons (Fsp3) is 0.925. The molecule has 2 heteroatoms. The number of esters is 1. The van der Waals surface area contributed by atoms with Crippen molar-refractivity contribution in [2.24, 2.45) is 5.41 Å². The molecule has 2 nitrogen and oxygen atoms in total. The van der Waals surface area contributed by atoms with Crippen LogP contribution in [0.15, 0.2) is 12.7 Å². The summed E-state index contributed by atoms with van der Waals surface area (Å²) in [5.74, 6) is 0.0379. The van der Waals surface area contributed by atoms with Gasteiger partial charge in [-0.25, -0.2) is 0 Å². The lowest BCUT2D eigenvalue weighted by atomic mass is 9.89. The molecule has 0 rings (SSSR count). The molecular weight excluding hydrogens is 512 g/mol. The van der Waals surface area contributed by atoms with Crippen LogP contribution < -0.4 is 0 Å². The Morgan fingerprint density at radius 2 is 0.952 bits per heavy atom. The van der Waals surface area contributed by atoms with Gasteiger partial charge in [-0.1, -0.05) is 181 Å². The molecule has 250 valence electrons. The molecule has 1 atom stereocenters. The molecule has 0 saturated carbocycles. The van der Waals surface area contributed by atoms with Crippen LogP contribution >= 0.6 is 0 Å². The van der Waals surface area contributed by atoms with Crippen LogP contribution in [-0.2, 0) is 9.53 Å². The highest BCUT2D eigenvalue weighted by Crippen LogP contribution is 2.23. The molecule has 0 aromatic heterocycles. The predicted octanol–water partition coefficient (Wildman–Crippen LogP) is 14.2. The van der Waals surface area contributed by atoms with Gasteiger partial charge in [0.25, 0.3) is 0 Å². The molecule has 0 bridgehead atoms. The van der Waals surface area contributed by atoms with E-state index in [9.17, 15) is 4.79 Å². The van der Waals surface area contributed by atoms with Crippen molar-refractivity contribution in [2.75, 3.05) is 0 Å². The number of hydrogen-bond acceptors (Lipinski definition) is 2. The topological polar surface area (TPSA) is 26.3 Å². The van der Waals surface area contributed by atoms with E-state index in [0.717, 1.165) is 32.1 Å². The van der Waals surface area contributed by atoms with Crippen LogP contribution in [0.1, 0.15) is 227 Å². The largest absolute Gasteiger partial charge is 0.462 e. The second-order valence-electron chi connectivity index (χ2n) is 14.7. The van der Waals surface area contributed by atoms with Crippen molar-refractivity contribution in [1.82, 2.24) is 0 Å². The van der Waals surface area contributed by atoms with E-state index in [0.29, 0.717) is 11.8 Å². The maximum atomic E-state index is 12.5. The van der Waals surface area contributed by atoms with E-state index >= 15 is 0 Å². The lowest BCUT2D eigenvalue weighted by molar-refractivity contribution is -0.150. The molecule has 0 aromatic rings. The average molecular weight is 591 g/mol. The molecule has 1 unspecified atom stereocenters. The van der Waals surface area contributed by atoms with Crippen LogP contribution in [-0.4, -0.2) is 12.1 Å². The van der Waals surface area contributed by atoms with Gasteiger partial charge in [-0.2, -0.15) is 0 Å². The quantitative estimate of drug-likeness (QED) is 0.0431. The normalized spacial score (nSPS) is 12.5. The highest BCUT2D eigenvalue weighted by Gasteiger charge is 2.14. The van der Waals surface area contributed by atoms with Crippen LogP contribution in [0.25, 0.3) is 0 Å². The van der Waals surface area contributed by atoms with Gasteiger partial charge in [0, 0.05) is 6.42 Å². The van der Waals surface area contributed by atoms with E-state index < -0.39 is 0 Å². The SMILES string of the molecule is C=CCCCC(CCCCCCCCCCCCCCC(C)(C)C)OC(=O)CCCCCCCCCCCCCCC. The summed E-state index contributed by atoms with van der Waals surface area (Å²) in [4.78, 5) is 12.5. The number of hydrogen-bond donors (Lipinski definition) is 0. The van der Waals surface area contributed by atoms with Crippen molar-refractivity contribution in [3.8, 4) is 0 Å². The Balaban J connectivity index is 3.71. The summed E-state index contributed by atoms with van der Waals surface area (Å²) in [6.45, 7) is 13.2. The molecule has 42 heavy (non-hydrogen) atoms. The highest BCUT2D eigenvalue weighted by molar-refractivity contribution is 5.69. The Kier molecular flexibility index (Phi) is 31.0. The van der Waals surface area contributed by atoms with E-state index in [-0.39, 0.29) is 12.1 Å². The van der Waals surface area contributed by atoms with Gasteiger partial charge in [-0.3, -0.25) is 4.79 Å². The van der Waals surface area contributed by atoms with Crippen LogP contribution in [0.2, 0.25) is 0 Å². The molecular formula is C40H78O2. The second kappa shape index (κ2) is 31.6. The molecule has 0 aromatic carbocycles. The maximum absolute atomic E-state index is 12.5. The smallest absolute Gasteiger partial charge is 0.306 e. The minimum atomic E-state index is 0.0379. The summed E-state index contributed by atoms with van der Waals surface area (Å²) in [6, 6.07) is 0. The van der Waals surface area contributed by atoms with Crippen LogP contribution in [0, 0.1) is 5.41 Å². The Morgan fingerprint density at radius 3 is 1.38 bits per heavy atom. The first-order chi connectivity index (χ1) is 20.4. The highest BCUT2D eigenvalue weighted by atomic mass is 16.5. The fourth-order valence-corrected chi connectivity index (χ4v) is 6.08. The second-order valence-corrected chi connectivity index (χ2v) is 14.7. The Morgan fingerprint density at radius 1 is 0.571 bits per heavy atom. The molecule has 0 N–H and O–H groups in total. The van der Waals surface area contributed by atoms with E-state index in [4.69, 9.17) is 4.74 Å². The summed E-state index contributed by atoms with van der Waals surface area (Å²) in [5.41, 5.74) is 0.502. The first-order valence-electron chi connectivity index (χ1n) is 19.2.